The van der Waals surface area contributed by atoms with Crippen LogP contribution in [0.3, 0.4) is 0 Å². The fourth-order valence-corrected chi connectivity index (χ4v) is 10.5. The maximum Gasteiger partial charge on any atom is 0.306 e. The average molecular weight is 706 g/mol. The van der Waals surface area contributed by atoms with Gasteiger partial charge in [0.05, 0.1) is 18.4 Å². The van der Waals surface area contributed by atoms with Crippen molar-refractivity contribution >= 4 is 45.9 Å². The minimum Gasteiger partial charge on any atom is -0.464 e. The Kier molecular flexibility index (Phi) is 11.9. The maximum absolute atomic E-state index is 13.0. The van der Waals surface area contributed by atoms with E-state index in [9.17, 15) is 14.4 Å². The Labute approximate surface area is 303 Å². The molecule has 3 saturated carbocycles. The summed E-state index contributed by atoms with van der Waals surface area (Å²) in [4.78, 5) is 44.4. The molecular formula is C41H56ClN3O5. The molecule has 4 aliphatic carbocycles. The lowest BCUT2D eigenvalue weighted by atomic mass is 9.49. The van der Waals surface area contributed by atoms with Crippen LogP contribution < -0.4 is 5.32 Å². The first-order valence-electron chi connectivity index (χ1n) is 19.2. The number of hydrogen-bond acceptors (Lipinski definition) is 8. The number of pyridine rings is 1. The van der Waals surface area contributed by atoms with E-state index in [1.807, 2.05) is 30.3 Å². The Balaban J connectivity index is 0.886. The van der Waals surface area contributed by atoms with E-state index in [1.165, 1.54) is 5.57 Å². The number of aromatic nitrogens is 1. The Hall–Kier alpha value is -2.97. The van der Waals surface area contributed by atoms with Gasteiger partial charge in [0.25, 0.3) is 0 Å². The zero-order valence-electron chi connectivity index (χ0n) is 30.4. The van der Waals surface area contributed by atoms with E-state index < -0.39 is 0 Å². The second kappa shape index (κ2) is 16.1. The molecule has 2 aromatic rings. The molecule has 1 aromatic carbocycles. The molecule has 8 nitrogen and oxygen atoms in total. The SMILES string of the molecule is CCN(CCCC(C)Nc1ccnc2cc(Cl)ccc12)CCOC(=O)CCC(=O)O[C@H]1CCC2C3CCC4=CC(=O)CCC4C3[C@@H](C)C[C@@]21C. The normalized spacial score (nSPS) is 29.5. The van der Waals surface area contributed by atoms with Crippen molar-refractivity contribution in [1.82, 2.24) is 9.88 Å². The van der Waals surface area contributed by atoms with Crippen molar-refractivity contribution in [3.05, 3.63) is 47.1 Å². The summed E-state index contributed by atoms with van der Waals surface area (Å²) in [5.74, 6) is 2.57. The number of allylic oxidation sites excluding steroid dienone is 1. The van der Waals surface area contributed by atoms with E-state index in [1.54, 1.807) is 6.20 Å². The average Bonchev–Trinajstić information content (AvgIpc) is 3.40. The first-order chi connectivity index (χ1) is 24.0. The highest BCUT2D eigenvalue weighted by atomic mass is 35.5. The number of anilines is 1. The third-order valence-electron chi connectivity index (χ3n) is 12.7. The van der Waals surface area contributed by atoms with Crippen LogP contribution in [0.5, 0.6) is 0 Å². The van der Waals surface area contributed by atoms with Gasteiger partial charge in [0.1, 0.15) is 12.7 Å². The Morgan fingerprint density at radius 2 is 1.92 bits per heavy atom. The van der Waals surface area contributed by atoms with Crippen LogP contribution in [0.1, 0.15) is 98.3 Å². The van der Waals surface area contributed by atoms with Gasteiger partial charge in [-0.1, -0.05) is 37.9 Å². The summed E-state index contributed by atoms with van der Waals surface area (Å²) in [6.07, 6.45) is 12.7. The summed E-state index contributed by atoms with van der Waals surface area (Å²) < 4.78 is 11.7. The van der Waals surface area contributed by atoms with E-state index in [0.717, 1.165) is 81.0 Å². The molecule has 50 heavy (non-hydrogen) atoms. The molecular weight excluding hydrogens is 650 g/mol. The van der Waals surface area contributed by atoms with Crippen molar-refractivity contribution < 1.29 is 23.9 Å². The van der Waals surface area contributed by atoms with Gasteiger partial charge in [0.2, 0.25) is 0 Å². The van der Waals surface area contributed by atoms with Gasteiger partial charge in [-0.25, -0.2) is 0 Å². The quantitative estimate of drug-likeness (QED) is 0.196. The lowest BCUT2D eigenvalue weighted by Crippen LogP contribution is -2.51. The summed E-state index contributed by atoms with van der Waals surface area (Å²) in [6.45, 7) is 11.8. The number of likely N-dealkylation sites (N-methyl/N-ethyl adjacent to an activating group) is 1. The summed E-state index contributed by atoms with van der Waals surface area (Å²) in [5.41, 5.74) is 3.31. The molecule has 0 spiro atoms. The third-order valence-corrected chi connectivity index (χ3v) is 12.9. The highest BCUT2D eigenvalue weighted by Crippen LogP contribution is 2.64. The van der Waals surface area contributed by atoms with Crippen LogP contribution in [0.4, 0.5) is 5.69 Å². The van der Waals surface area contributed by atoms with Crippen LogP contribution in [-0.4, -0.2) is 66.0 Å². The zero-order chi connectivity index (χ0) is 35.4. The highest BCUT2D eigenvalue weighted by Gasteiger charge is 2.59. The molecule has 4 aliphatic rings. The van der Waals surface area contributed by atoms with E-state index >= 15 is 0 Å². The van der Waals surface area contributed by atoms with E-state index in [4.69, 9.17) is 21.1 Å². The van der Waals surface area contributed by atoms with Gasteiger partial charge in [-0.2, -0.15) is 0 Å². The van der Waals surface area contributed by atoms with Crippen molar-refractivity contribution in [3.8, 4) is 0 Å². The number of ketones is 1. The molecule has 0 aliphatic heterocycles. The van der Waals surface area contributed by atoms with E-state index in [-0.39, 0.29) is 42.3 Å². The number of hydrogen-bond donors (Lipinski definition) is 1. The van der Waals surface area contributed by atoms with Crippen LogP contribution in [0.2, 0.25) is 5.02 Å². The summed E-state index contributed by atoms with van der Waals surface area (Å²) in [6, 6.07) is 8.06. The van der Waals surface area contributed by atoms with Crippen LogP contribution in [0.15, 0.2) is 42.1 Å². The standard InChI is InChI=1S/C41H56ClN3O5/c1-5-45(20-6-7-27(3)44-35-18-19-43-36-24-29(42)9-12-33(35)36)21-22-49-38(47)16-17-39(48)50-37-15-14-34-32-11-8-28-23-30(46)10-13-31(28)40(32)26(2)25-41(34,37)4/h9,12,18-19,23-24,26-27,31-32,34,37,40H,5-8,10-11,13-17,20-22,25H2,1-4H3,(H,43,44)/t26-,27?,31?,32?,34?,37-,40?,41-/m0/s1. The van der Waals surface area contributed by atoms with Gasteiger partial charge in [-0.05, 0) is 131 Å². The molecule has 0 radical (unpaired) electrons. The van der Waals surface area contributed by atoms with Crippen molar-refractivity contribution in [1.29, 1.82) is 0 Å². The molecule has 0 bridgehead atoms. The number of carbonyl (C=O) groups excluding carboxylic acids is 3. The van der Waals surface area contributed by atoms with Gasteiger partial charge < -0.3 is 19.7 Å². The predicted molar refractivity (Wildman–Crippen MR) is 198 cm³/mol. The second-order valence-electron chi connectivity index (χ2n) is 15.8. The van der Waals surface area contributed by atoms with Crippen molar-refractivity contribution in [2.45, 2.75) is 110 Å². The Bertz CT molecular complexity index is 1580. The Morgan fingerprint density at radius 1 is 1.10 bits per heavy atom. The molecule has 1 N–H and O–H groups in total. The molecule has 9 heteroatoms. The predicted octanol–water partition coefficient (Wildman–Crippen LogP) is 8.41. The fraction of sp³-hybridized carbons (Fsp3) is 0.659. The number of esters is 2. The van der Waals surface area contributed by atoms with Crippen LogP contribution in [-0.2, 0) is 23.9 Å². The number of nitrogens with one attached hydrogen (secondary N) is 1. The summed E-state index contributed by atoms with van der Waals surface area (Å²) >= 11 is 6.14. The monoisotopic (exact) mass is 705 g/mol. The molecule has 3 fully saturated rings. The number of ether oxygens (including phenoxy) is 2. The molecule has 272 valence electrons. The topological polar surface area (TPSA) is 97.8 Å². The smallest absolute Gasteiger partial charge is 0.306 e. The largest absolute Gasteiger partial charge is 0.464 e. The molecule has 1 heterocycles. The highest BCUT2D eigenvalue weighted by molar-refractivity contribution is 6.31. The van der Waals surface area contributed by atoms with Crippen molar-refractivity contribution in [2.24, 2.45) is 35.0 Å². The maximum atomic E-state index is 13.0. The molecule has 8 atom stereocenters. The summed E-state index contributed by atoms with van der Waals surface area (Å²) in [7, 11) is 0. The second-order valence-corrected chi connectivity index (χ2v) is 16.3. The van der Waals surface area contributed by atoms with E-state index in [0.29, 0.717) is 60.0 Å². The molecule has 0 amide bonds. The minimum absolute atomic E-state index is 0.0257. The number of fused-ring (bicyclic) bond motifs is 6. The number of rotatable bonds is 14. The number of halogens is 1. The third kappa shape index (κ3) is 8.22. The molecule has 6 rings (SSSR count). The first-order valence-corrected chi connectivity index (χ1v) is 19.5. The molecule has 1 aromatic heterocycles. The van der Waals surface area contributed by atoms with Crippen molar-refractivity contribution in [2.75, 3.05) is 31.6 Å². The van der Waals surface area contributed by atoms with Gasteiger partial charge in [0.15, 0.2) is 5.78 Å². The van der Waals surface area contributed by atoms with Crippen LogP contribution >= 0.6 is 11.6 Å². The number of benzene rings is 1. The molecule has 0 saturated heterocycles. The van der Waals surface area contributed by atoms with Crippen LogP contribution in [0.25, 0.3) is 10.9 Å². The van der Waals surface area contributed by atoms with Gasteiger partial charge >= 0.3 is 11.9 Å². The van der Waals surface area contributed by atoms with E-state index in [2.05, 4.69) is 42.9 Å². The lowest BCUT2D eigenvalue weighted by Gasteiger charge is -2.56. The van der Waals surface area contributed by atoms with Crippen molar-refractivity contribution in [3.63, 3.8) is 0 Å². The zero-order valence-corrected chi connectivity index (χ0v) is 31.2. The van der Waals surface area contributed by atoms with Gasteiger partial charge in [-0.15, -0.1) is 0 Å². The van der Waals surface area contributed by atoms with Gasteiger partial charge in [-0.3, -0.25) is 19.4 Å². The fourth-order valence-electron chi connectivity index (χ4n) is 10.3. The number of carbonyl (C=O) groups is 3. The minimum atomic E-state index is -0.344. The van der Waals surface area contributed by atoms with Crippen LogP contribution in [0, 0.1) is 35.0 Å². The molecule has 5 unspecified atom stereocenters. The van der Waals surface area contributed by atoms with Gasteiger partial charge in [0, 0.05) is 46.7 Å². The summed E-state index contributed by atoms with van der Waals surface area (Å²) in [5, 5.41) is 5.36. The lowest BCUT2D eigenvalue weighted by molar-refractivity contribution is -0.163. The number of nitrogens with zero attached hydrogens (tertiary/aromatic N) is 2. The Morgan fingerprint density at radius 3 is 2.74 bits per heavy atom. The first kappa shape index (κ1) is 36.8.